The largest absolute Gasteiger partial charge is 0.444 e. The van der Waals surface area contributed by atoms with E-state index in [2.05, 4.69) is 14.9 Å². The van der Waals surface area contributed by atoms with Crippen LogP contribution in [0.15, 0.2) is 36.7 Å². The van der Waals surface area contributed by atoms with E-state index < -0.39 is 5.60 Å². The summed E-state index contributed by atoms with van der Waals surface area (Å²) in [6, 6.07) is 7.74. The predicted octanol–water partition coefficient (Wildman–Crippen LogP) is 3.98. The van der Waals surface area contributed by atoms with Gasteiger partial charge in [-0.3, -0.25) is 0 Å². The average molecular weight is 391 g/mol. The van der Waals surface area contributed by atoms with Gasteiger partial charge in [0.05, 0.1) is 12.4 Å². The summed E-state index contributed by atoms with van der Waals surface area (Å²) < 4.78 is 11.1. The van der Waals surface area contributed by atoms with Crippen LogP contribution in [0, 0.1) is 0 Å². The van der Waals surface area contributed by atoms with Gasteiger partial charge in [-0.1, -0.05) is 11.6 Å². The summed E-state index contributed by atoms with van der Waals surface area (Å²) in [5.74, 6) is 1.06. The molecule has 0 saturated carbocycles. The van der Waals surface area contributed by atoms with Crippen molar-refractivity contribution in [3.05, 3.63) is 41.8 Å². The van der Waals surface area contributed by atoms with E-state index in [1.807, 2.05) is 45.0 Å². The Kier molecular flexibility index (Phi) is 5.70. The van der Waals surface area contributed by atoms with E-state index in [1.165, 1.54) is 12.4 Å². The SMILES string of the molecule is CC(C)(C)OC(=O)N1CCN(c2ccc(Oc3cnc(Cl)cn3)cc2)CC1. The lowest BCUT2D eigenvalue weighted by molar-refractivity contribution is 0.0240. The van der Waals surface area contributed by atoms with Crippen molar-refractivity contribution >= 4 is 23.4 Å². The van der Waals surface area contributed by atoms with Crippen LogP contribution < -0.4 is 9.64 Å². The maximum absolute atomic E-state index is 12.1. The molecule has 0 aliphatic carbocycles. The number of carbonyl (C=O) groups excluding carboxylic acids is 1. The van der Waals surface area contributed by atoms with Crippen molar-refractivity contribution in [2.24, 2.45) is 0 Å². The Morgan fingerprint density at radius 3 is 2.26 bits per heavy atom. The number of halogens is 1. The zero-order chi connectivity index (χ0) is 19.4. The average Bonchev–Trinajstić information content (AvgIpc) is 2.63. The highest BCUT2D eigenvalue weighted by Crippen LogP contribution is 2.24. The van der Waals surface area contributed by atoms with Crippen molar-refractivity contribution in [2.45, 2.75) is 26.4 Å². The van der Waals surface area contributed by atoms with Crippen LogP contribution in [0.5, 0.6) is 11.6 Å². The van der Waals surface area contributed by atoms with Gasteiger partial charge in [-0.05, 0) is 45.0 Å². The molecule has 1 aliphatic rings. The Morgan fingerprint density at radius 1 is 1.04 bits per heavy atom. The molecule has 2 heterocycles. The van der Waals surface area contributed by atoms with Gasteiger partial charge >= 0.3 is 6.09 Å². The van der Waals surface area contributed by atoms with Crippen molar-refractivity contribution in [3.8, 4) is 11.6 Å². The summed E-state index contributed by atoms with van der Waals surface area (Å²) in [5.41, 5.74) is 0.604. The molecule has 0 bridgehead atoms. The fourth-order valence-electron chi connectivity index (χ4n) is 2.67. The molecule has 0 radical (unpaired) electrons. The third-order valence-electron chi connectivity index (χ3n) is 3.95. The van der Waals surface area contributed by atoms with Gasteiger partial charge in [0.25, 0.3) is 0 Å². The van der Waals surface area contributed by atoms with Crippen LogP contribution in [0.2, 0.25) is 5.15 Å². The summed E-state index contributed by atoms with van der Waals surface area (Å²) in [7, 11) is 0. The van der Waals surface area contributed by atoms with Crippen LogP contribution in [0.1, 0.15) is 20.8 Å². The van der Waals surface area contributed by atoms with E-state index in [0.717, 1.165) is 18.8 Å². The highest BCUT2D eigenvalue weighted by atomic mass is 35.5. The van der Waals surface area contributed by atoms with Crippen molar-refractivity contribution in [3.63, 3.8) is 0 Å². The van der Waals surface area contributed by atoms with Crippen LogP contribution in [-0.2, 0) is 4.74 Å². The number of nitrogens with zero attached hydrogens (tertiary/aromatic N) is 4. The maximum Gasteiger partial charge on any atom is 0.410 e. The zero-order valence-electron chi connectivity index (χ0n) is 15.7. The molecule has 1 amide bonds. The van der Waals surface area contributed by atoms with E-state index in [9.17, 15) is 4.79 Å². The number of rotatable bonds is 3. The summed E-state index contributed by atoms with van der Waals surface area (Å²) >= 11 is 5.72. The first-order chi connectivity index (χ1) is 12.8. The third kappa shape index (κ3) is 5.47. The van der Waals surface area contributed by atoms with Crippen molar-refractivity contribution in [1.29, 1.82) is 0 Å². The second kappa shape index (κ2) is 8.00. The van der Waals surface area contributed by atoms with E-state index in [1.54, 1.807) is 4.90 Å². The quantitative estimate of drug-likeness (QED) is 0.789. The lowest BCUT2D eigenvalue weighted by atomic mass is 10.2. The van der Waals surface area contributed by atoms with E-state index in [0.29, 0.717) is 29.9 Å². The molecule has 1 aromatic heterocycles. The summed E-state index contributed by atoms with van der Waals surface area (Å²) in [6.07, 6.45) is 2.66. The molecular weight excluding hydrogens is 368 g/mol. The summed E-state index contributed by atoms with van der Waals surface area (Å²) in [5, 5.41) is 0.322. The van der Waals surface area contributed by atoms with Gasteiger partial charge in [-0.2, -0.15) is 0 Å². The first-order valence-corrected chi connectivity index (χ1v) is 9.16. The monoisotopic (exact) mass is 390 g/mol. The van der Waals surface area contributed by atoms with Crippen molar-refractivity contribution in [1.82, 2.24) is 14.9 Å². The second-order valence-electron chi connectivity index (χ2n) is 7.23. The molecule has 27 heavy (non-hydrogen) atoms. The minimum atomic E-state index is -0.474. The molecule has 1 saturated heterocycles. The van der Waals surface area contributed by atoms with Gasteiger partial charge in [-0.25, -0.2) is 14.8 Å². The first kappa shape index (κ1) is 19.2. The number of ether oxygens (including phenoxy) is 2. The van der Waals surface area contributed by atoms with Crippen molar-refractivity contribution < 1.29 is 14.3 Å². The standard InChI is InChI=1S/C19H23ClN4O3/c1-19(2,3)27-18(25)24-10-8-23(9-11-24)14-4-6-15(7-5-14)26-17-13-21-16(20)12-22-17/h4-7,12-13H,8-11H2,1-3H3. The normalized spacial score (nSPS) is 14.8. The van der Waals surface area contributed by atoms with Crippen LogP contribution >= 0.6 is 11.6 Å². The summed E-state index contributed by atoms with van der Waals surface area (Å²) in [6.45, 7) is 8.40. The van der Waals surface area contributed by atoms with Gasteiger partial charge in [0.2, 0.25) is 5.88 Å². The Hall–Kier alpha value is -2.54. The Balaban J connectivity index is 1.54. The zero-order valence-corrected chi connectivity index (χ0v) is 16.4. The predicted molar refractivity (Wildman–Crippen MR) is 104 cm³/mol. The third-order valence-corrected chi connectivity index (χ3v) is 4.15. The number of piperazine rings is 1. The van der Waals surface area contributed by atoms with Gasteiger partial charge in [0, 0.05) is 31.9 Å². The fraction of sp³-hybridized carbons (Fsp3) is 0.421. The highest BCUT2D eigenvalue weighted by molar-refractivity contribution is 6.29. The smallest absolute Gasteiger partial charge is 0.410 e. The van der Waals surface area contributed by atoms with Crippen LogP contribution in [0.4, 0.5) is 10.5 Å². The molecule has 3 rings (SSSR count). The first-order valence-electron chi connectivity index (χ1n) is 8.78. The fourth-order valence-corrected chi connectivity index (χ4v) is 2.77. The highest BCUT2D eigenvalue weighted by Gasteiger charge is 2.25. The number of benzene rings is 1. The molecule has 0 spiro atoms. The molecule has 2 aromatic rings. The molecule has 1 aromatic carbocycles. The van der Waals surface area contributed by atoms with E-state index in [4.69, 9.17) is 21.1 Å². The molecule has 1 fully saturated rings. The molecular formula is C19H23ClN4O3. The number of aromatic nitrogens is 2. The molecule has 8 heteroatoms. The molecule has 144 valence electrons. The maximum atomic E-state index is 12.1. The number of amides is 1. The minimum Gasteiger partial charge on any atom is -0.444 e. The summed E-state index contributed by atoms with van der Waals surface area (Å²) in [4.78, 5) is 24.1. The van der Waals surface area contributed by atoms with Crippen LogP contribution in [-0.4, -0.2) is 52.7 Å². The number of carbonyl (C=O) groups is 1. The molecule has 0 atom stereocenters. The van der Waals surface area contributed by atoms with Gasteiger partial charge in [0.15, 0.2) is 0 Å². The van der Waals surface area contributed by atoms with Gasteiger partial charge < -0.3 is 19.3 Å². The number of anilines is 1. The van der Waals surface area contributed by atoms with Gasteiger partial charge in [-0.15, -0.1) is 0 Å². The topological polar surface area (TPSA) is 67.8 Å². The minimum absolute atomic E-state index is 0.255. The molecule has 7 nitrogen and oxygen atoms in total. The second-order valence-corrected chi connectivity index (χ2v) is 7.62. The van der Waals surface area contributed by atoms with E-state index in [-0.39, 0.29) is 6.09 Å². The molecule has 1 aliphatic heterocycles. The lowest BCUT2D eigenvalue weighted by Gasteiger charge is -2.36. The van der Waals surface area contributed by atoms with Crippen LogP contribution in [0.3, 0.4) is 0 Å². The van der Waals surface area contributed by atoms with Gasteiger partial charge in [0.1, 0.15) is 16.5 Å². The Morgan fingerprint density at radius 2 is 1.70 bits per heavy atom. The van der Waals surface area contributed by atoms with E-state index >= 15 is 0 Å². The Bertz CT molecular complexity index is 767. The Labute approximate surface area is 163 Å². The lowest BCUT2D eigenvalue weighted by Crippen LogP contribution is -2.50. The molecule has 0 N–H and O–H groups in total. The number of hydrogen-bond acceptors (Lipinski definition) is 6. The van der Waals surface area contributed by atoms with Crippen LogP contribution in [0.25, 0.3) is 0 Å². The molecule has 0 unspecified atom stereocenters. The number of hydrogen-bond donors (Lipinski definition) is 0. The van der Waals surface area contributed by atoms with Crippen molar-refractivity contribution in [2.75, 3.05) is 31.1 Å².